The van der Waals surface area contributed by atoms with Crippen molar-refractivity contribution < 1.29 is 15.4 Å². The van der Waals surface area contributed by atoms with Crippen molar-refractivity contribution in [3.63, 3.8) is 0 Å². The van der Waals surface area contributed by atoms with Crippen LogP contribution in [0.5, 0.6) is 11.5 Å². The summed E-state index contributed by atoms with van der Waals surface area (Å²) in [7, 11) is 0. The molecule has 0 radical (unpaired) electrons. The summed E-state index contributed by atoms with van der Waals surface area (Å²) in [6.45, 7) is 4.52. The summed E-state index contributed by atoms with van der Waals surface area (Å²) in [5, 5.41) is 34.8. The molecular formula is C37H59NO3. The maximum atomic E-state index is 10.6. The molecule has 0 aromatic heterocycles. The number of benzene rings is 2. The molecule has 0 spiro atoms. The molecule has 230 valence electrons. The van der Waals surface area contributed by atoms with E-state index in [1.807, 2.05) is 24.3 Å². The number of unbranched alkanes of at least 4 members (excludes halogenated alkanes) is 18. The van der Waals surface area contributed by atoms with Gasteiger partial charge in [-0.3, -0.25) is 0 Å². The summed E-state index contributed by atoms with van der Waals surface area (Å²) in [4.78, 5) is 0. The van der Waals surface area contributed by atoms with Gasteiger partial charge in [0, 0.05) is 11.1 Å². The predicted molar refractivity (Wildman–Crippen MR) is 175 cm³/mol. The molecule has 0 fully saturated rings. The second kappa shape index (κ2) is 22.2. The van der Waals surface area contributed by atoms with E-state index in [1.54, 1.807) is 12.1 Å². The van der Waals surface area contributed by atoms with Gasteiger partial charge >= 0.3 is 0 Å². The van der Waals surface area contributed by atoms with Crippen LogP contribution in [0.1, 0.15) is 165 Å². The molecule has 2 rings (SSSR count). The van der Waals surface area contributed by atoms with Crippen LogP contribution in [0.2, 0.25) is 0 Å². The van der Waals surface area contributed by atoms with Crippen LogP contribution in [0.25, 0.3) is 0 Å². The highest BCUT2D eigenvalue weighted by Gasteiger charge is 2.17. The number of aryl methyl sites for hydroxylation is 2. The van der Waals surface area contributed by atoms with E-state index in [0.29, 0.717) is 11.1 Å². The van der Waals surface area contributed by atoms with Crippen molar-refractivity contribution >= 4 is 5.71 Å². The van der Waals surface area contributed by atoms with Gasteiger partial charge in [-0.1, -0.05) is 147 Å². The van der Waals surface area contributed by atoms with Crippen LogP contribution < -0.4 is 0 Å². The van der Waals surface area contributed by atoms with Crippen LogP contribution in [-0.4, -0.2) is 21.1 Å². The van der Waals surface area contributed by atoms with Crippen LogP contribution in [0.4, 0.5) is 0 Å². The Morgan fingerprint density at radius 2 is 0.805 bits per heavy atom. The van der Waals surface area contributed by atoms with Crippen molar-refractivity contribution in [3.8, 4) is 11.5 Å². The van der Waals surface area contributed by atoms with E-state index in [4.69, 9.17) is 0 Å². The smallest absolute Gasteiger partial charge is 0.125 e. The Labute approximate surface area is 251 Å². The van der Waals surface area contributed by atoms with Crippen molar-refractivity contribution in [2.45, 2.75) is 155 Å². The van der Waals surface area contributed by atoms with Gasteiger partial charge in [-0.15, -0.1) is 0 Å². The first kappa shape index (κ1) is 34.7. The zero-order valence-electron chi connectivity index (χ0n) is 26.3. The van der Waals surface area contributed by atoms with Gasteiger partial charge in [-0.2, -0.15) is 0 Å². The highest BCUT2D eigenvalue weighted by atomic mass is 16.4. The average molecular weight is 566 g/mol. The molecule has 4 nitrogen and oxygen atoms in total. The van der Waals surface area contributed by atoms with Gasteiger partial charge in [-0.25, -0.2) is 0 Å². The summed E-state index contributed by atoms with van der Waals surface area (Å²) in [6.07, 6.45) is 27.8. The number of phenols is 2. The minimum atomic E-state index is 0.0594. The predicted octanol–water partition coefficient (Wildman–Crippen LogP) is 11.3. The molecule has 0 saturated carbocycles. The monoisotopic (exact) mass is 565 g/mol. The first-order valence-corrected chi connectivity index (χ1v) is 17.0. The number of phenolic OH excluding ortho intramolecular Hbond substituents is 2. The highest BCUT2D eigenvalue weighted by molar-refractivity contribution is 6.15. The van der Waals surface area contributed by atoms with E-state index in [0.717, 1.165) is 36.8 Å². The summed E-state index contributed by atoms with van der Waals surface area (Å²) in [5.74, 6) is 0.119. The lowest BCUT2D eigenvalue weighted by Crippen LogP contribution is -2.06. The lowest BCUT2D eigenvalue weighted by Gasteiger charge is -2.13. The quantitative estimate of drug-likeness (QED) is 0.0513. The fraction of sp³-hybridized carbons (Fsp3) is 0.649. The van der Waals surface area contributed by atoms with Crippen LogP contribution >= 0.6 is 0 Å². The van der Waals surface area contributed by atoms with E-state index in [2.05, 4.69) is 19.0 Å². The van der Waals surface area contributed by atoms with Gasteiger partial charge in [0.25, 0.3) is 0 Å². The zero-order valence-corrected chi connectivity index (χ0v) is 26.3. The Kier molecular flexibility index (Phi) is 18.8. The van der Waals surface area contributed by atoms with E-state index in [9.17, 15) is 15.4 Å². The summed E-state index contributed by atoms with van der Waals surface area (Å²) in [6, 6.07) is 11.1. The third-order valence-electron chi connectivity index (χ3n) is 8.37. The normalized spacial score (nSPS) is 11.2. The first-order valence-electron chi connectivity index (χ1n) is 17.0. The summed E-state index contributed by atoms with van der Waals surface area (Å²) in [5.41, 5.74) is 3.36. The molecule has 0 atom stereocenters. The number of hydrogen-bond acceptors (Lipinski definition) is 4. The summed E-state index contributed by atoms with van der Waals surface area (Å²) >= 11 is 0. The topological polar surface area (TPSA) is 73.1 Å². The largest absolute Gasteiger partial charge is 0.507 e. The molecule has 0 bridgehead atoms. The molecule has 3 N–H and O–H groups in total. The standard InChI is InChI=1S/C37H59NO3/c1-3-5-7-9-11-13-15-17-19-21-23-31-25-27-35(39)33(29-31)37(38-41)34-30-32(26-28-36(34)40)24-22-20-18-16-14-12-10-8-6-4-2/h25-30,39-41H,3-24H2,1-2H3. The van der Waals surface area contributed by atoms with Gasteiger partial charge in [0.1, 0.15) is 17.2 Å². The fourth-order valence-electron chi connectivity index (χ4n) is 5.74. The van der Waals surface area contributed by atoms with E-state index in [-0.39, 0.29) is 17.2 Å². The van der Waals surface area contributed by atoms with Gasteiger partial charge < -0.3 is 15.4 Å². The lowest BCUT2D eigenvalue weighted by molar-refractivity contribution is 0.319. The number of hydrogen-bond donors (Lipinski definition) is 3. The van der Waals surface area contributed by atoms with Crippen molar-refractivity contribution in [1.82, 2.24) is 0 Å². The van der Waals surface area contributed by atoms with Crippen molar-refractivity contribution in [2.24, 2.45) is 5.16 Å². The van der Waals surface area contributed by atoms with Crippen molar-refractivity contribution in [2.75, 3.05) is 0 Å². The molecule has 0 heterocycles. The Hall–Kier alpha value is -2.49. The van der Waals surface area contributed by atoms with Gasteiger partial charge in [-0.05, 0) is 61.1 Å². The van der Waals surface area contributed by atoms with E-state index in [1.165, 1.54) is 116 Å². The van der Waals surface area contributed by atoms with Gasteiger partial charge in [0.05, 0.1) is 0 Å². The Morgan fingerprint density at radius 3 is 1.12 bits per heavy atom. The Bertz CT molecular complexity index is 909. The van der Waals surface area contributed by atoms with Gasteiger partial charge in [0.15, 0.2) is 0 Å². The summed E-state index contributed by atoms with van der Waals surface area (Å²) < 4.78 is 0. The van der Waals surface area contributed by atoms with Crippen molar-refractivity contribution in [3.05, 3.63) is 58.7 Å². The van der Waals surface area contributed by atoms with Crippen molar-refractivity contribution in [1.29, 1.82) is 0 Å². The second-order valence-corrected chi connectivity index (χ2v) is 12.0. The molecule has 0 aliphatic carbocycles. The zero-order chi connectivity index (χ0) is 29.5. The molecule has 2 aromatic carbocycles. The molecule has 0 amide bonds. The molecule has 0 saturated heterocycles. The SMILES string of the molecule is CCCCCCCCCCCCc1ccc(O)c(C(=NO)c2cc(CCCCCCCCCCCC)ccc2O)c1. The lowest BCUT2D eigenvalue weighted by atomic mass is 9.94. The Balaban J connectivity index is 1.83. The fourth-order valence-corrected chi connectivity index (χ4v) is 5.74. The van der Waals surface area contributed by atoms with Crippen LogP contribution in [0.3, 0.4) is 0 Å². The molecular weight excluding hydrogens is 506 g/mol. The third kappa shape index (κ3) is 14.3. The van der Waals surface area contributed by atoms with Crippen LogP contribution in [0.15, 0.2) is 41.6 Å². The van der Waals surface area contributed by atoms with E-state index >= 15 is 0 Å². The molecule has 0 aliphatic rings. The Morgan fingerprint density at radius 1 is 0.488 bits per heavy atom. The second-order valence-electron chi connectivity index (χ2n) is 12.0. The number of aromatic hydroxyl groups is 2. The highest BCUT2D eigenvalue weighted by Crippen LogP contribution is 2.29. The van der Waals surface area contributed by atoms with Crippen LogP contribution in [0, 0.1) is 0 Å². The minimum Gasteiger partial charge on any atom is -0.507 e. The first-order chi connectivity index (χ1) is 20.1. The third-order valence-corrected chi connectivity index (χ3v) is 8.37. The number of nitrogens with zero attached hydrogens (tertiary/aromatic N) is 1. The van der Waals surface area contributed by atoms with E-state index < -0.39 is 0 Å². The number of rotatable bonds is 24. The average Bonchev–Trinajstić information content (AvgIpc) is 2.98. The molecule has 2 aromatic rings. The maximum absolute atomic E-state index is 10.6. The molecule has 41 heavy (non-hydrogen) atoms. The molecule has 0 aliphatic heterocycles. The maximum Gasteiger partial charge on any atom is 0.125 e. The van der Waals surface area contributed by atoms with Gasteiger partial charge in [0.2, 0.25) is 0 Å². The molecule has 4 heteroatoms. The minimum absolute atomic E-state index is 0.0594. The van der Waals surface area contributed by atoms with Crippen LogP contribution in [-0.2, 0) is 12.8 Å². The molecule has 0 unspecified atom stereocenters. The number of oxime groups is 1.